The summed E-state index contributed by atoms with van der Waals surface area (Å²) in [5, 5.41) is 12.5. The molecule has 0 amide bonds. The van der Waals surface area contributed by atoms with Gasteiger partial charge >= 0.3 is 0 Å². The molecule has 4 nitrogen and oxygen atoms in total. The van der Waals surface area contributed by atoms with Crippen LogP contribution < -0.4 is 5.32 Å². The summed E-state index contributed by atoms with van der Waals surface area (Å²) in [6.07, 6.45) is 1.70. The molecule has 0 radical (unpaired) electrons. The number of hydrogen-bond acceptors (Lipinski definition) is 4. The lowest BCUT2D eigenvalue weighted by Gasteiger charge is -2.14. The van der Waals surface area contributed by atoms with Crippen molar-refractivity contribution in [2.24, 2.45) is 0 Å². The van der Waals surface area contributed by atoms with E-state index in [1.165, 1.54) is 0 Å². The summed E-state index contributed by atoms with van der Waals surface area (Å²) in [5.41, 5.74) is 1.02. The fourth-order valence-corrected chi connectivity index (χ4v) is 1.88. The van der Waals surface area contributed by atoms with Gasteiger partial charge in [-0.1, -0.05) is 30.3 Å². The van der Waals surface area contributed by atoms with Crippen molar-refractivity contribution in [3.63, 3.8) is 0 Å². The van der Waals surface area contributed by atoms with Crippen LogP contribution in [0.3, 0.4) is 0 Å². The van der Waals surface area contributed by atoms with Gasteiger partial charge in [-0.15, -0.1) is 0 Å². The standard InChI is InChI=1S/C15H17N3O/c1-11-9-18-15(19-11)12(2)17-10-14(8-16)13-6-4-3-5-7-13/h3-7,9,12,14,17H,10H2,1-2H3. The zero-order chi connectivity index (χ0) is 13.7. The van der Waals surface area contributed by atoms with Crippen LogP contribution in [0.15, 0.2) is 40.9 Å². The molecule has 4 heteroatoms. The fourth-order valence-electron chi connectivity index (χ4n) is 1.88. The Labute approximate surface area is 113 Å². The van der Waals surface area contributed by atoms with Gasteiger partial charge in [0.25, 0.3) is 0 Å². The second kappa shape index (κ2) is 6.17. The van der Waals surface area contributed by atoms with E-state index < -0.39 is 0 Å². The lowest BCUT2D eigenvalue weighted by Crippen LogP contribution is -2.24. The highest BCUT2D eigenvalue weighted by atomic mass is 16.4. The van der Waals surface area contributed by atoms with E-state index in [4.69, 9.17) is 4.42 Å². The van der Waals surface area contributed by atoms with E-state index in [0.717, 1.165) is 11.3 Å². The molecular formula is C15H17N3O. The smallest absolute Gasteiger partial charge is 0.211 e. The van der Waals surface area contributed by atoms with Gasteiger partial charge in [-0.25, -0.2) is 4.98 Å². The summed E-state index contributed by atoms with van der Waals surface area (Å²) < 4.78 is 5.46. The predicted octanol–water partition coefficient (Wildman–Crippen LogP) is 2.94. The van der Waals surface area contributed by atoms with Crippen molar-refractivity contribution in [2.75, 3.05) is 6.54 Å². The van der Waals surface area contributed by atoms with Crippen LogP contribution in [-0.2, 0) is 0 Å². The number of benzene rings is 1. The zero-order valence-electron chi connectivity index (χ0n) is 11.1. The van der Waals surface area contributed by atoms with Crippen LogP contribution in [-0.4, -0.2) is 11.5 Å². The Kier molecular flexibility index (Phi) is 4.32. The van der Waals surface area contributed by atoms with Gasteiger partial charge in [0.15, 0.2) is 0 Å². The van der Waals surface area contributed by atoms with E-state index in [1.54, 1.807) is 6.20 Å². The first-order valence-corrected chi connectivity index (χ1v) is 6.31. The van der Waals surface area contributed by atoms with Gasteiger partial charge in [0.2, 0.25) is 5.89 Å². The van der Waals surface area contributed by atoms with E-state index in [-0.39, 0.29) is 12.0 Å². The number of rotatable bonds is 5. The number of nitriles is 1. The summed E-state index contributed by atoms with van der Waals surface area (Å²) in [4.78, 5) is 4.18. The molecule has 0 aliphatic heterocycles. The maximum atomic E-state index is 9.24. The molecule has 2 unspecified atom stereocenters. The van der Waals surface area contributed by atoms with Crippen LogP contribution in [0.1, 0.15) is 36.1 Å². The monoisotopic (exact) mass is 255 g/mol. The van der Waals surface area contributed by atoms with Crippen molar-refractivity contribution in [1.82, 2.24) is 10.3 Å². The third kappa shape index (κ3) is 3.43. The molecule has 0 saturated heterocycles. The Bertz CT molecular complexity index is 556. The maximum Gasteiger partial charge on any atom is 0.211 e. The molecule has 2 aromatic rings. The first-order valence-electron chi connectivity index (χ1n) is 6.31. The zero-order valence-corrected chi connectivity index (χ0v) is 11.1. The molecule has 2 rings (SSSR count). The third-order valence-corrected chi connectivity index (χ3v) is 3.00. The summed E-state index contributed by atoms with van der Waals surface area (Å²) >= 11 is 0. The van der Waals surface area contributed by atoms with Gasteiger partial charge < -0.3 is 9.73 Å². The van der Waals surface area contributed by atoms with Crippen LogP contribution in [0.25, 0.3) is 0 Å². The SMILES string of the molecule is Cc1cnc(C(C)NCC(C#N)c2ccccc2)o1. The number of aromatic nitrogens is 1. The molecule has 1 heterocycles. The molecule has 2 atom stereocenters. The van der Waals surface area contributed by atoms with Crippen LogP contribution in [0.4, 0.5) is 0 Å². The van der Waals surface area contributed by atoms with Crippen LogP contribution in [0.5, 0.6) is 0 Å². The minimum absolute atomic E-state index is 0.00624. The quantitative estimate of drug-likeness (QED) is 0.892. The number of nitrogens with one attached hydrogen (secondary N) is 1. The van der Waals surface area contributed by atoms with Crippen molar-refractivity contribution >= 4 is 0 Å². The number of aryl methyl sites for hydroxylation is 1. The topological polar surface area (TPSA) is 61.9 Å². The van der Waals surface area contributed by atoms with E-state index in [2.05, 4.69) is 16.4 Å². The molecule has 1 aromatic carbocycles. The number of hydrogen-bond donors (Lipinski definition) is 1. The van der Waals surface area contributed by atoms with Gasteiger partial charge in [0.05, 0.1) is 24.2 Å². The van der Waals surface area contributed by atoms with Crippen molar-refractivity contribution in [3.8, 4) is 6.07 Å². The van der Waals surface area contributed by atoms with E-state index >= 15 is 0 Å². The number of nitrogens with zero attached hydrogens (tertiary/aromatic N) is 2. The highest BCUT2D eigenvalue weighted by molar-refractivity contribution is 5.25. The van der Waals surface area contributed by atoms with E-state index in [0.29, 0.717) is 12.4 Å². The molecule has 0 fully saturated rings. The first-order chi connectivity index (χ1) is 9.20. The van der Waals surface area contributed by atoms with Gasteiger partial charge in [-0.3, -0.25) is 0 Å². The van der Waals surface area contributed by atoms with Crippen LogP contribution in [0, 0.1) is 18.3 Å². The Balaban J connectivity index is 1.96. The Morgan fingerprint density at radius 2 is 2.11 bits per heavy atom. The Hall–Kier alpha value is -2.12. The lowest BCUT2D eigenvalue weighted by atomic mass is 10.0. The third-order valence-electron chi connectivity index (χ3n) is 3.00. The fraction of sp³-hybridized carbons (Fsp3) is 0.333. The molecule has 1 aromatic heterocycles. The van der Waals surface area contributed by atoms with Gasteiger partial charge in [-0.05, 0) is 19.4 Å². The minimum atomic E-state index is -0.167. The van der Waals surface area contributed by atoms with Crippen molar-refractivity contribution in [2.45, 2.75) is 25.8 Å². The second-order valence-electron chi connectivity index (χ2n) is 4.53. The molecule has 0 saturated carbocycles. The van der Waals surface area contributed by atoms with Crippen molar-refractivity contribution in [1.29, 1.82) is 5.26 Å². The second-order valence-corrected chi connectivity index (χ2v) is 4.53. The summed E-state index contributed by atoms with van der Waals surface area (Å²) in [6, 6.07) is 12.1. The largest absolute Gasteiger partial charge is 0.444 e. The molecule has 98 valence electrons. The lowest BCUT2D eigenvalue weighted by molar-refractivity contribution is 0.401. The maximum absolute atomic E-state index is 9.24. The predicted molar refractivity (Wildman–Crippen MR) is 72.5 cm³/mol. The summed E-state index contributed by atoms with van der Waals surface area (Å²) in [5.74, 6) is 1.28. The number of oxazole rings is 1. The van der Waals surface area contributed by atoms with Crippen molar-refractivity contribution in [3.05, 3.63) is 53.7 Å². The molecule has 0 bridgehead atoms. The highest BCUT2D eigenvalue weighted by Crippen LogP contribution is 2.16. The molecule has 0 aliphatic rings. The van der Waals surface area contributed by atoms with Crippen LogP contribution >= 0.6 is 0 Å². The Morgan fingerprint density at radius 1 is 1.37 bits per heavy atom. The van der Waals surface area contributed by atoms with Crippen molar-refractivity contribution < 1.29 is 4.42 Å². The molecule has 0 spiro atoms. The van der Waals surface area contributed by atoms with Gasteiger partial charge in [0, 0.05) is 6.54 Å². The first kappa shape index (κ1) is 13.3. The minimum Gasteiger partial charge on any atom is -0.444 e. The normalized spacial score (nSPS) is 13.7. The average molecular weight is 255 g/mol. The van der Waals surface area contributed by atoms with Crippen LogP contribution in [0.2, 0.25) is 0 Å². The molecule has 19 heavy (non-hydrogen) atoms. The molecular weight excluding hydrogens is 238 g/mol. The molecule has 0 aliphatic carbocycles. The Morgan fingerprint density at radius 3 is 2.68 bits per heavy atom. The van der Waals surface area contributed by atoms with Gasteiger partial charge in [0.1, 0.15) is 5.76 Å². The van der Waals surface area contributed by atoms with E-state index in [1.807, 2.05) is 44.2 Å². The summed E-state index contributed by atoms with van der Waals surface area (Å²) in [6.45, 7) is 4.42. The summed E-state index contributed by atoms with van der Waals surface area (Å²) in [7, 11) is 0. The highest BCUT2D eigenvalue weighted by Gasteiger charge is 2.15. The average Bonchev–Trinajstić information content (AvgIpc) is 2.87. The van der Waals surface area contributed by atoms with E-state index in [9.17, 15) is 5.26 Å². The van der Waals surface area contributed by atoms with Gasteiger partial charge in [-0.2, -0.15) is 5.26 Å². The molecule has 1 N–H and O–H groups in total.